The Morgan fingerprint density at radius 3 is 3.09 bits per heavy atom. The van der Waals surface area contributed by atoms with Crippen LogP contribution in [0, 0.1) is 6.92 Å². The number of carbonyl (C=O) groups is 1. The lowest BCUT2D eigenvalue weighted by Gasteiger charge is -2.14. The number of aromatic nitrogens is 3. The number of hydrogen-bond acceptors (Lipinski definition) is 4. The molecule has 1 aliphatic rings. The number of rotatable bonds is 5. The molecule has 2 N–H and O–H groups in total. The topological polar surface area (TPSA) is 71.8 Å². The minimum absolute atomic E-state index is 0.0311. The highest BCUT2D eigenvalue weighted by atomic mass is 16.1. The maximum atomic E-state index is 12.3. The van der Waals surface area contributed by atoms with Gasteiger partial charge in [0.05, 0.1) is 17.5 Å². The van der Waals surface area contributed by atoms with Crippen molar-refractivity contribution in [1.82, 2.24) is 20.1 Å². The zero-order chi connectivity index (χ0) is 15.4. The molecule has 6 heteroatoms. The van der Waals surface area contributed by atoms with Crippen molar-refractivity contribution in [1.29, 1.82) is 0 Å². The Morgan fingerprint density at radius 1 is 1.32 bits per heavy atom. The van der Waals surface area contributed by atoms with Gasteiger partial charge in [0.2, 0.25) is 0 Å². The van der Waals surface area contributed by atoms with Crippen LogP contribution in [-0.2, 0) is 13.0 Å². The van der Waals surface area contributed by atoms with Crippen molar-refractivity contribution in [2.75, 3.05) is 18.4 Å². The smallest absolute Gasteiger partial charge is 0.254 e. The van der Waals surface area contributed by atoms with Gasteiger partial charge in [-0.05, 0) is 37.8 Å². The highest BCUT2D eigenvalue weighted by Gasteiger charge is 2.19. The fourth-order valence-corrected chi connectivity index (χ4v) is 2.75. The molecule has 0 radical (unpaired) electrons. The molecule has 0 saturated carbocycles. The quantitative estimate of drug-likeness (QED) is 0.825. The van der Waals surface area contributed by atoms with Gasteiger partial charge in [-0.3, -0.25) is 14.5 Å². The van der Waals surface area contributed by atoms with E-state index in [0.717, 1.165) is 48.3 Å². The van der Waals surface area contributed by atoms with Gasteiger partial charge in [0, 0.05) is 37.7 Å². The van der Waals surface area contributed by atoms with Crippen LogP contribution in [0.3, 0.4) is 0 Å². The maximum absolute atomic E-state index is 12.3. The normalized spacial score (nSPS) is 13.5. The summed E-state index contributed by atoms with van der Waals surface area (Å²) < 4.78 is 1.96. The first-order valence-electron chi connectivity index (χ1n) is 7.73. The molecule has 1 aliphatic heterocycles. The number of amides is 1. The van der Waals surface area contributed by atoms with Crippen LogP contribution in [0.5, 0.6) is 0 Å². The van der Waals surface area contributed by atoms with Gasteiger partial charge in [-0.1, -0.05) is 0 Å². The molecule has 0 fully saturated rings. The number of pyridine rings is 1. The van der Waals surface area contributed by atoms with Crippen molar-refractivity contribution in [3.05, 3.63) is 41.5 Å². The Morgan fingerprint density at radius 2 is 2.23 bits per heavy atom. The van der Waals surface area contributed by atoms with Gasteiger partial charge in [-0.25, -0.2) is 0 Å². The molecular formula is C16H21N5O. The van der Waals surface area contributed by atoms with Gasteiger partial charge in [-0.2, -0.15) is 5.10 Å². The number of fused-ring (bicyclic) bond motifs is 1. The summed E-state index contributed by atoms with van der Waals surface area (Å²) in [5, 5.41) is 10.6. The van der Waals surface area contributed by atoms with Crippen LogP contribution in [-0.4, -0.2) is 33.8 Å². The predicted molar refractivity (Wildman–Crippen MR) is 85.0 cm³/mol. The largest absolute Gasteiger partial charge is 0.383 e. The molecular weight excluding hydrogens is 278 g/mol. The van der Waals surface area contributed by atoms with Gasteiger partial charge in [0.15, 0.2) is 0 Å². The van der Waals surface area contributed by atoms with Crippen molar-refractivity contribution < 1.29 is 4.79 Å². The summed E-state index contributed by atoms with van der Waals surface area (Å²) in [7, 11) is 0. The minimum Gasteiger partial charge on any atom is -0.383 e. The first kappa shape index (κ1) is 14.6. The Balaban J connectivity index is 1.51. The van der Waals surface area contributed by atoms with E-state index in [9.17, 15) is 4.79 Å². The highest BCUT2D eigenvalue weighted by molar-refractivity contribution is 5.95. The summed E-state index contributed by atoms with van der Waals surface area (Å²) in [5.74, 6) is -0.0311. The molecule has 0 atom stereocenters. The number of hydrogen-bond donors (Lipinski definition) is 2. The van der Waals surface area contributed by atoms with Gasteiger partial charge in [-0.15, -0.1) is 0 Å². The van der Waals surface area contributed by atoms with Crippen LogP contribution < -0.4 is 10.6 Å². The van der Waals surface area contributed by atoms with E-state index in [2.05, 4.69) is 20.7 Å². The van der Waals surface area contributed by atoms with Crippen molar-refractivity contribution in [3.8, 4) is 0 Å². The third-order valence-corrected chi connectivity index (χ3v) is 3.97. The van der Waals surface area contributed by atoms with Crippen LogP contribution in [0.25, 0.3) is 0 Å². The molecule has 0 unspecified atom stereocenters. The van der Waals surface area contributed by atoms with Crippen LogP contribution in [0.2, 0.25) is 0 Å². The van der Waals surface area contributed by atoms with E-state index in [0.29, 0.717) is 13.1 Å². The number of anilines is 1. The van der Waals surface area contributed by atoms with E-state index < -0.39 is 0 Å². The van der Waals surface area contributed by atoms with Crippen molar-refractivity contribution in [2.45, 2.75) is 32.7 Å². The monoisotopic (exact) mass is 299 g/mol. The molecule has 3 heterocycles. The average molecular weight is 299 g/mol. The standard InChI is InChI=1S/C16H21N5O/c1-12-10-17-6-5-14(12)18-7-8-19-16(22)13-11-20-21-9-3-2-4-15(13)21/h5-6,10-11H,2-4,7-9H2,1H3,(H,17,18)(H,19,22). The zero-order valence-corrected chi connectivity index (χ0v) is 12.8. The second kappa shape index (κ2) is 6.60. The molecule has 0 bridgehead atoms. The lowest BCUT2D eigenvalue weighted by molar-refractivity contribution is 0.0954. The molecule has 22 heavy (non-hydrogen) atoms. The van der Waals surface area contributed by atoms with Gasteiger partial charge in [0.25, 0.3) is 5.91 Å². The molecule has 116 valence electrons. The summed E-state index contributed by atoms with van der Waals surface area (Å²) >= 11 is 0. The zero-order valence-electron chi connectivity index (χ0n) is 12.8. The van der Waals surface area contributed by atoms with E-state index >= 15 is 0 Å². The third kappa shape index (κ3) is 3.10. The van der Waals surface area contributed by atoms with E-state index in [-0.39, 0.29) is 5.91 Å². The Kier molecular flexibility index (Phi) is 4.37. The first-order chi connectivity index (χ1) is 10.8. The fraction of sp³-hybridized carbons (Fsp3) is 0.438. The van der Waals surface area contributed by atoms with E-state index in [1.807, 2.05) is 23.9 Å². The molecule has 0 saturated heterocycles. The first-order valence-corrected chi connectivity index (χ1v) is 7.73. The van der Waals surface area contributed by atoms with Crippen molar-refractivity contribution in [2.24, 2.45) is 0 Å². The second-order valence-corrected chi connectivity index (χ2v) is 5.56. The van der Waals surface area contributed by atoms with E-state index in [4.69, 9.17) is 0 Å². The van der Waals surface area contributed by atoms with E-state index in [1.54, 1.807) is 12.4 Å². The predicted octanol–water partition coefficient (Wildman–Crippen LogP) is 1.76. The molecule has 3 rings (SSSR count). The fourth-order valence-electron chi connectivity index (χ4n) is 2.75. The Labute approximate surface area is 129 Å². The molecule has 0 spiro atoms. The van der Waals surface area contributed by atoms with Gasteiger partial charge < -0.3 is 10.6 Å². The van der Waals surface area contributed by atoms with Gasteiger partial charge >= 0.3 is 0 Å². The lowest BCUT2D eigenvalue weighted by atomic mass is 10.1. The molecule has 2 aromatic heterocycles. The summed E-state index contributed by atoms with van der Waals surface area (Å²) in [6.45, 7) is 4.18. The number of carbonyl (C=O) groups excluding carboxylic acids is 1. The Hall–Kier alpha value is -2.37. The average Bonchev–Trinajstić information content (AvgIpc) is 2.97. The van der Waals surface area contributed by atoms with Crippen LogP contribution >= 0.6 is 0 Å². The highest BCUT2D eigenvalue weighted by Crippen LogP contribution is 2.17. The second-order valence-electron chi connectivity index (χ2n) is 5.56. The SMILES string of the molecule is Cc1cnccc1NCCNC(=O)c1cnn2c1CCCC2. The molecule has 1 amide bonds. The number of aryl methyl sites for hydroxylation is 2. The van der Waals surface area contributed by atoms with Crippen molar-refractivity contribution in [3.63, 3.8) is 0 Å². The summed E-state index contributed by atoms with van der Waals surface area (Å²) in [4.78, 5) is 16.3. The van der Waals surface area contributed by atoms with Crippen molar-refractivity contribution >= 4 is 11.6 Å². The van der Waals surface area contributed by atoms with Crippen LogP contribution in [0.15, 0.2) is 24.7 Å². The lowest BCUT2D eigenvalue weighted by Crippen LogP contribution is -2.29. The molecule has 6 nitrogen and oxygen atoms in total. The molecule has 0 aromatic carbocycles. The van der Waals surface area contributed by atoms with Crippen LogP contribution in [0.1, 0.15) is 34.5 Å². The number of nitrogens with one attached hydrogen (secondary N) is 2. The summed E-state index contributed by atoms with van der Waals surface area (Å²) in [6.07, 6.45) is 8.49. The third-order valence-electron chi connectivity index (χ3n) is 3.97. The minimum atomic E-state index is -0.0311. The molecule has 0 aliphatic carbocycles. The maximum Gasteiger partial charge on any atom is 0.254 e. The van der Waals surface area contributed by atoms with E-state index in [1.165, 1.54) is 0 Å². The Bertz CT molecular complexity index is 664. The summed E-state index contributed by atoms with van der Waals surface area (Å²) in [5.41, 5.74) is 3.94. The summed E-state index contributed by atoms with van der Waals surface area (Å²) in [6, 6.07) is 1.94. The number of nitrogens with zero attached hydrogens (tertiary/aromatic N) is 3. The van der Waals surface area contributed by atoms with Crippen LogP contribution in [0.4, 0.5) is 5.69 Å². The van der Waals surface area contributed by atoms with Gasteiger partial charge in [0.1, 0.15) is 0 Å². The molecule has 2 aromatic rings.